The first-order valence-corrected chi connectivity index (χ1v) is 8.72. The molecule has 0 saturated heterocycles. The van der Waals surface area contributed by atoms with Crippen molar-refractivity contribution in [3.8, 4) is 0 Å². The number of pyridine rings is 1. The number of nitrogens with zero attached hydrogens (tertiary/aromatic N) is 2. The number of hydrogen-bond acceptors (Lipinski definition) is 3. The molecule has 1 saturated carbocycles. The maximum Gasteiger partial charge on any atom is 0.0574 e. The summed E-state index contributed by atoms with van der Waals surface area (Å²) >= 11 is 0. The lowest BCUT2D eigenvalue weighted by Crippen LogP contribution is -2.32. The summed E-state index contributed by atoms with van der Waals surface area (Å²) < 4.78 is 0. The van der Waals surface area contributed by atoms with Crippen LogP contribution in [0.2, 0.25) is 0 Å². The fourth-order valence-corrected chi connectivity index (χ4v) is 2.97. The molecule has 21 heavy (non-hydrogen) atoms. The highest BCUT2D eigenvalue weighted by atomic mass is 15.1. The van der Waals surface area contributed by atoms with Crippen LogP contribution in [0.25, 0.3) is 0 Å². The topological polar surface area (TPSA) is 28.2 Å². The van der Waals surface area contributed by atoms with E-state index < -0.39 is 0 Å². The minimum atomic E-state index is 0.390. The van der Waals surface area contributed by atoms with Crippen LogP contribution < -0.4 is 10.2 Å². The highest BCUT2D eigenvalue weighted by Crippen LogP contribution is 2.29. The minimum absolute atomic E-state index is 0.390. The standard InChI is InChI=1S/C18H31N3/c1-4-12-19-17(5-2)18-11-10-16(13-20-18)21(6-3)14-15-8-7-9-15/h10-11,13,15,17,19H,4-9,12,14H2,1-3H3. The second kappa shape index (κ2) is 8.38. The van der Waals surface area contributed by atoms with Crippen molar-refractivity contribution in [2.24, 2.45) is 5.92 Å². The van der Waals surface area contributed by atoms with E-state index in [0.29, 0.717) is 6.04 Å². The molecular weight excluding hydrogens is 258 g/mol. The van der Waals surface area contributed by atoms with Crippen molar-refractivity contribution < 1.29 is 0 Å². The summed E-state index contributed by atoms with van der Waals surface area (Å²) in [4.78, 5) is 7.19. The van der Waals surface area contributed by atoms with Gasteiger partial charge in [0.1, 0.15) is 0 Å². The summed E-state index contributed by atoms with van der Waals surface area (Å²) in [6.45, 7) is 9.99. The van der Waals surface area contributed by atoms with Crippen molar-refractivity contribution in [2.45, 2.75) is 58.9 Å². The second-order valence-electron chi connectivity index (χ2n) is 6.19. The van der Waals surface area contributed by atoms with Gasteiger partial charge in [-0.15, -0.1) is 0 Å². The van der Waals surface area contributed by atoms with Gasteiger partial charge in [-0.25, -0.2) is 0 Å². The Balaban J connectivity index is 1.98. The summed E-state index contributed by atoms with van der Waals surface area (Å²) in [5, 5.41) is 3.57. The molecule has 2 rings (SSSR count). The van der Waals surface area contributed by atoms with Crippen LogP contribution in [0, 0.1) is 5.92 Å². The molecule has 1 aliphatic rings. The zero-order chi connectivity index (χ0) is 15.1. The molecule has 0 radical (unpaired) electrons. The van der Waals surface area contributed by atoms with E-state index >= 15 is 0 Å². The van der Waals surface area contributed by atoms with E-state index in [9.17, 15) is 0 Å². The van der Waals surface area contributed by atoms with Gasteiger partial charge in [-0.2, -0.15) is 0 Å². The van der Waals surface area contributed by atoms with Crippen LogP contribution in [0.3, 0.4) is 0 Å². The number of anilines is 1. The van der Waals surface area contributed by atoms with Crippen LogP contribution in [0.4, 0.5) is 5.69 Å². The Bertz CT molecular complexity index is 397. The molecule has 0 bridgehead atoms. The molecule has 1 unspecified atom stereocenters. The van der Waals surface area contributed by atoms with Gasteiger partial charge in [0.25, 0.3) is 0 Å². The average molecular weight is 289 g/mol. The monoisotopic (exact) mass is 289 g/mol. The SMILES string of the molecule is CCCNC(CC)c1ccc(N(CC)CC2CCC2)cn1. The van der Waals surface area contributed by atoms with Crippen LogP contribution in [-0.2, 0) is 0 Å². The van der Waals surface area contributed by atoms with Crippen molar-refractivity contribution in [3.63, 3.8) is 0 Å². The maximum absolute atomic E-state index is 4.72. The molecule has 0 amide bonds. The third kappa shape index (κ3) is 4.44. The lowest BCUT2D eigenvalue weighted by Gasteiger charge is -2.33. The Morgan fingerprint density at radius 3 is 2.57 bits per heavy atom. The van der Waals surface area contributed by atoms with E-state index in [-0.39, 0.29) is 0 Å². The third-order valence-corrected chi connectivity index (χ3v) is 4.63. The first-order chi connectivity index (χ1) is 10.3. The zero-order valence-corrected chi connectivity index (χ0v) is 13.9. The van der Waals surface area contributed by atoms with Gasteiger partial charge in [-0.3, -0.25) is 4.98 Å². The maximum atomic E-state index is 4.72. The minimum Gasteiger partial charge on any atom is -0.370 e. The fourth-order valence-electron chi connectivity index (χ4n) is 2.97. The Labute approximate surface area is 130 Å². The molecule has 1 aliphatic carbocycles. The number of aromatic nitrogens is 1. The Hall–Kier alpha value is -1.09. The predicted molar refractivity (Wildman–Crippen MR) is 90.8 cm³/mol. The van der Waals surface area contributed by atoms with Crippen LogP contribution in [0.15, 0.2) is 18.3 Å². The largest absolute Gasteiger partial charge is 0.370 e. The molecule has 0 spiro atoms. The first kappa shape index (κ1) is 16.3. The fraction of sp³-hybridized carbons (Fsp3) is 0.722. The lowest BCUT2D eigenvalue weighted by molar-refractivity contribution is 0.318. The van der Waals surface area contributed by atoms with E-state index in [2.05, 4.69) is 49.3 Å². The van der Waals surface area contributed by atoms with Crippen molar-refractivity contribution >= 4 is 5.69 Å². The molecular formula is C18H31N3. The van der Waals surface area contributed by atoms with E-state index in [1.807, 2.05) is 0 Å². The Morgan fingerprint density at radius 1 is 1.29 bits per heavy atom. The average Bonchev–Trinajstić information content (AvgIpc) is 2.48. The zero-order valence-electron chi connectivity index (χ0n) is 13.9. The summed E-state index contributed by atoms with van der Waals surface area (Å²) in [5.41, 5.74) is 2.45. The van der Waals surface area contributed by atoms with Crippen molar-refractivity contribution in [1.29, 1.82) is 0 Å². The van der Waals surface area contributed by atoms with E-state index in [1.54, 1.807) is 0 Å². The van der Waals surface area contributed by atoms with Gasteiger partial charge in [-0.1, -0.05) is 20.3 Å². The van der Waals surface area contributed by atoms with Gasteiger partial charge in [0, 0.05) is 19.1 Å². The highest BCUT2D eigenvalue weighted by molar-refractivity contribution is 5.44. The van der Waals surface area contributed by atoms with Crippen molar-refractivity contribution in [1.82, 2.24) is 10.3 Å². The van der Waals surface area contributed by atoms with Crippen molar-refractivity contribution in [2.75, 3.05) is 24.5 Å². The van der Waals surface area contributed by atoms with Crippen LogP contribution in [0.5, 0.6) is 0 Å². The van der Waals surface area contributed by atoms with Gasteiger partial charge in [0.2, 0.25) is 0 Å². The van der Waals surface area contributed by atoms with Gasteiger partial charge >= 0.3 is 0 Å². The van der Waals surface area contributed by atoms with Gasteiger partial charge in [0.15, 0.2) is 0 Å². The van der Waals surface area contributed by atoms with Gasteiger partial charge in [0.05, 0.1) is 17.6 Å². The summed E-state index contributed by atoms with van der Waals surface area (Å²) in [5.74, 6) is 0.902. The molecule has 1 aromatic rings. The smallest absolute Gasteiger partial charge is 0.0574 e. The van der Waals surface area contributed by atoms with Gasteiger partial charge in [-0.05, 0) is 57.2 Å². The second-order valence-corrected chi connectivity index (χ2v) is 6.19. The van der Waals surface area contributed by atoms with Crippen LogP contribution in [0.1, 0.15) is 64.6 Å². The number of hydrogen-bond donors (Lipinski definition) is 1. The lowest BCUT2D eigenvalue weighted by atomic mass is 9.85. The molecule has 118 valence electrons. The Morgan fingerprint density at radius 2 is 2.10 bits per heavy atom. The highest BCUT2D eigenvalue weighted by Gasteiger charge is 2.20. The van der Waals surface area contributed by atoms with Gasteiger partial charge < -0.3 is 10.2 Å². The quantitative estimate of drug-likeness (QED) is 0.740. The van der Waals surface area contributed by atoms with E-state index in [1.165, 1.54) is 43.6 Å². The van der Waals surface area contributed by atoms with E-state index in [0.717, 1.165) is 25.4 Å². The molecule has 0 aliphatic heterocycles. The molecule has 1 heterocycles. The molecule has 3 nitrogen and oxygen atoms in total. The molecule has 3 heteroatoms. The van der Waals surface area contributed by atoms with Crippen LogP contribution >= 0.6 is 0 Å². The molecule has 0 aromatic carbocycles. The molecule has 1 N–H and O–H groups in total. The predicted octanol–water partition coefficient (Wildman–Crippen LogP) is 4.16. The van der Waals surface area contributed by atoms with E-state index in [4.69, 9.17) is 4.98 Å². The summed E-state index contributed by atoms with van der Waals surface area (Å²) in [7, 11) is 0. The van der Waals surface area contributed by atoms with Crippen molar-refractivity contribution in [3.05, 3.63) is 24.0 Å². The third-order valence-electron chi connectivity index (χ3n) is 4.63. The summed E-state index contributed by atoms with van der Waals surface area (Å²) in [6.07, 6.45) is 8.54. The summed E-state index contributed by atoms with van der Waals surface area (Å²) in [6, 6.07) is 4.84. The number of rotatable bonds is 9. The van der Waals surface area contributed by atoms with Crippen LogP contribution in [-0.4, -0.2) is 24.6 Å². The normalized spacial score (nSPS) is 16.5. The molecule has 1 fully saturated rings. The first-order valence-electron chi connectivity index (χ1n) is 8.72. The Kier molecular flexibility index (Phi) is 6.50. The number of nitrogens with one attached hydrogen (secondary N) is 1. The molecule has 1 atom stereocenters. The molecule has 1 aromatic heterocycles.